The molecule has 0 saturated carbocycles. The van der Waals surface area contributed by atoms with Crippen molar-refractivity contribution < 1.29 is 4.79 Å². The third-order valence-corrected chi connectivity index (χ3v) is 4.07. The van der Waals surface area contributed by atoms with Crippen LogP contribution in [0.5, 0.6) is 0 Å². The van der Waals surface area contributed by atoms with Crippen molar-refractivity contribution in [3.05, 3.63) is 15.6 Å². The number of hydrogen-bond donors (Lipinski definition) is 1. The Morgan fingerprint density at radius 2 is 2.12 bits per heavy atom. The molecule has 1 aromatic rings. The van der Waals surface area contributed by atoms with E-state index in [1.54, 1.807) is 11.3 Å². The third-order valence-electron chi connectivity index (χ3n) is 3.00. The van der Waals surface area contributed by atoms with Crippen LogP contribution in [0.1, 0.15) is 41.8 Å². The molecule has 0 fully saturated rings. The molecule has 0 saturated heterocycles. The molecule has 0 aromatic carbocycles. The molecule has 0 aliphatic rings. The Morgan fingerprint density at radius 1 is 1.41 bits per heavy atom. The number of nitrogens with two attached hydrogens (primary N) is 1. The highest BCUT2D eigenvalue weighted by Gasteiger charge is 2.10. The Kier molecular flexibility index (Phi) is 5.78. The lowest BCUT2D eigenvalue weighted by molar-refractivity contribution is -0.118. The summed E-state index contributed by atoms with van der Waals surface area (Å²) >= 11 is 1.64. The lowest BCUT2D eigenvalue weighted by atomic mass is 9.99. The summed E-state index contributed by atoms with van der Waals surface area (Å²) in [5, 5.41) is 0.955. The Labute approximate surface area is 107 Å². The number of nitrogens with zero attached hydrogens (tertiary/aromatic N) is 1. The van der Waals surface area contributed by atoms with Crippen molar-refractivity contribution in [1.29, 1.82) is 0 Å². The SMILES string of the molecule is Cc1nc(CC(=O)CCC(C)CCN)sc1C. The lowest BCUT2D eigenvalue weighted by Crippen LogP contribution is -2.09. The predicted molar refractivity (Wildman–Crippen MR) is 72.4 cm³/mol. The summed E-state index contributed by atoms with van der Waals surface area (Å²) in [4.78, 5) is 17.4. The minimum Gasteiger partial charge on any atom is -0.330 e. The van der Waals surface area contributed by atoms with Gasteiger partial charge in [0.1, 0.15) is 10.8 Å². The summed E-state index contributed by atoms with van der Waals surface area (Å²) in [6, 6.07) is 0. The Morgan fingerprint density at radius 3 is 2.65 bits per heavy atom. The maximum atomic E-state index is 11.8. The molecule has 4 heteroatoms. The van der Waals surface area contributed by atoms with E-state index < -0.39 is 0 Å². The van der Waals surface area contributed by atoms with Crippen LogP contribution in [0, 0.1) is 19.8 Å². The van der Waals surface area contributed by atoms with Gasteiger partial charge in [-0.05, 0) is 39.2 Å². The Bertz CT molecular complexity index is 354. The first-order valence-electron chi connectivity index (χ1n) is 6.17. The standard InChI is InChI=1S/C13H22N2OS/c1-9(6-7-14)4-5-12(16)8-13-15-10(2)11(3)17-13/h9H,4-8,14H2,1-3H3. The van der Waals surface area contributed by atoms with E-state index in [1.165, 1.54) is 4.88 Å². The summed E-state index contributed by atoms with van der Waals surface area (Å²) in [7, 11) is 0. The largest absolute Gasteiger partial charge is 0.330 e. The van der Waals surface area contributed by atoms with E-state index in [1.807, 2.05) is 13.8 Å². The molecule has 1 unspecified atom stereocenters. The van der Waals surface area contributed by atoms with Gasteiger partial charge < -0.3 is 5.73 Å². The van der Waals surface area contributed by atoms with Crippen molar-refractivity contribution >= 4 is 17.1 Å². The maximum Gasteiger partial charge on any atom is 0.139 e. The molecule has 0 bridgehead atoms. The number of rotatable bonds is 7. The first kappa shape index (κ1) is 14.3. The number of thiazole rings is 1. The fourth-order valence-corrected chi connectivity index (χ4v) is 2.67. The molecule has 0 aliphatic heterocycles. The highest BCUT2D eigenvalue weighted by molar-refractivity contribution is 7.11. The zero-order chi connectivity index (χ0) is 12.8. The van der Waals surface area contributed by atoms with Gasteiger partial charge in [-0.2, -0.15) is 0 Å². The zero-order valence-corrected chi connectivity index (χ0v) is 11.8. The van der Waals surface area contributed by atoms with Gasteiger partial charge in [0.2, 0.25) is 0 Å². The van der Waals surface area contributed by atoms with E-state index in [0.717, 1.165) is 23.5 Å². The number of aryl methyl sites for hydroxylation is 2. The monoisotopic (exact) mass is 254 g/mol. The molecule has 0 spiro atoms. The number of hydrogen-bond acceptors (Lipinski definition) is 4. The molecule has 96 valence electrons. The lowest BCUT2D eigenvalue weighted by Gasteiger charge is -2.08. The van der Waals surface area contributed by atoms with Gasteiger partial charge in [0.15, 0.2) is 0 Å². The van der Waals surface area contributed by atoms with E-state index in [9.17, 15) is 4.79 Å². The fraction of sp³-hybridized carbons (Fsp3) is 0.692. The molecule has 3 nitrogen and oxygen atoms in total. The third kappa shape index (κ3) is 4.96. The molecule has 1 heterocycles. The van der Waals surface area contributed by atoms with Crippen LogP contribution in [0.2, 0.25) is 0 Å². The van der Waals surface area contributed by atoms with E-state index in [0.29, 0.717) is 31.1 Å². The van der Waals surface area contributed by atoms with Gasteiger partial charge in [0.05, 0.1) is 12.1 Å². The summed E-state index contributed by atoms with van der Waals surface area (Å²) in [5.74, 6) is 0.839. The van der Waals surface area contributed by atoms with Crippen molar-refractivity contribution in [2.45, 2.75) is 46.5 Å². The molecule has 1 aromatic heterocycles. The predicted octanol–water partition coefficient (Wildman–Crippen LogP) is 2.64. The van der Waals surface area contributed by atoms with Crippen LogP contribution in [0.4, 0.5) is 0 Å². The average Bonchev–Trinajstić information content (AvgIpc) is 2.55. The van der Waals surface area contributed by atoms with Gasteiger partial charge >= 0.3 is 0 Å². The topological polar surface area (TPSA) is 56.0 Å². The Hall–Kier alpha value is -0.740. The average molecular weight is 254 g/mol. The van der Waals surface area contributed by atoms with Crippen molar-refractivity contribution in [1.82, 2.24) is 4.98 Å². The molecule has 17 heavy (non-hydrogen) atoms. The number of carbonyl (C=O) groups excluding carboxylic acids is 1. The van der Waals surface area contributed by atoms with Crippen LogP contribution < -0.4 is 5.73 Å². The van der Waals surface area contributed by atoms with Crippen molar-refractivity contribution in [3.63, 3.8) is 0 Å². The molecule has 1 rings (SSSR count). The second kappa shape index (κ2) is 6.87. The number of aromatic nitrogens is 1. The van der Waals surface area contributed by atoms with Crippen molar-refractivity contribution in [3.8, 4) is 0 Å². The van der Waals surface area contributed by atoms with Gasteiger partial charge in [0, 0.05) is 11.3 Å². The highest BCUT2D eigenvalue weighted by Crippen LogP contribution is 2.18. The normalized spacial score (nSPS) is 12.7. The van der Waals surface area contributed by atoms with Crippen LogP contribution in [0.25, 0.3) is 0 Å². The Balaban J connectivity index is 2.34. The summed E-state index contributed by atoms with van der Waals surface area (Å²) in [6.45, 7) is 6.89. The first-order chi connectivity index (χ1) is 8.02. The van der Waals surface area contributed by atoms with Gasteiger partial charge in [-0.15, -0.1) is 11.3 Å². The van der Waals surface area contributed by atoms with Crippen LogP contribution in [0.15, 0.2) is 0 Å². The number of ketones is 1. The second-order valence-electron chi connectivity index (χ2n) is 4.69. The highest BCUT2D eigenvalue weighted by atomic mass is 32.1. The van der Waals surface area contributed by atoms with Crippen molar-refractivity contribution in [2.24, 2.45) is 11.7 Å². The van der Waals surface area contributed by atoms with Crippen LogP contribution in [-0.4, -0.2) is 17.3 Å². The molecular weight excluding hydrogens is 232 g/mol. The maximum absolute atomic E-state index is 11.8. The minimum absolute atomic E-state index is 0.294. The zero-order valence-electron chi connectivity index (χ0n) is 11.0. The van der Waals surface area contributed by atoms with E-state index >= 15 is 0 Å². The number of Topliss-reactive ketones (excluding diaryl/α,β-unsaturated/α-hetero) is 1. The number of carbonyl (C=O) groups is 1. The van der Waals surface area contributed by atoms with E-state index in [-0.39, 0.29) is 0 Å². The van der Waals surface area contributed by atoms with E-state index in [2.05, 4.69) is 11.9 Å². The summed E-state index contributed by atoms with van der Waals surface area (Å²) in [6.07, 6.45) is 3.09. The first-order valence-corrected chi connectivity index (χ1v) is 6.99. The van der Waals surface area contributed by atoms with Gasteiger partial charge in [-0.1, -0.05) is 6.92 Å². The summed E-state index contributed by atoms with van der Waals surface area (Å²) < 4.78 is 0. The summed E-state index contributed by atoms with van der Waals surface area (Å²) in [5.41, 5.74) is 6.54. The fourth-order valence-electron chi connectivity index (χ4n) is 1.71. The van der Waals surface area contributed by atoms with Crippen LogP contribution in [0.3, 0.4) is 0 Å². The quantitative estimate of drug-likeness (QED) is 0.814. The minimum atomic E-state index is 0.294. The molecule has 0 amide bonds. The molecular formula is C13H22N2OS. The van der Waals surface area contributed by atoms with Gasteiger partial charge in [-0.25, -0.2) is 4.98 Å². The van der Waals surface area contributed by atoms with Crippen molar-refractivity contribution in [2.75, 3.05) is 6.54 Å². The molecule has 0 radical (unpaired) electrons. The van der Waals surface area contributed by atoms with Gasteiger partial charge in [-0.3, -0.25) is 4.79 Å². The van der Waals surface area contributed by atoms with E-state index in [4.69, 9.17) is 5.73 Å². The van der Waals surface area contributed by atoms with Crippen LogP contribution in [-0.2, 0) is 11.2 Å². The van der Waals surface area contributed by atoms with Gasteiger partial charge in [0.25, 0.3) is 0 Å². The molecule has 0 aliphatic carbocycles. The second-order valence-corrected chi connectivity index (χ2v) is 5.97. The smallest absolute Gasteiger partial charge is 0.139 e. The molecule has 2 N–H and O–H groups in total. The van der Waals surface area contributed by atoms with Crippen LogP contribution >= 0.6 is 11.3 Å². The molecule has 1 atom stereocenters.